The van der Waals surface area contributed by atoms with Gasteiger partial charge in [-0.15, -0.1) is 35.3 Å². The topological polar surface area (TPSA) is 75.6 Å². The molecule has 1 heterocycles. The number of guanidine groups is 1. The molecule has 2 rings (SSSR count). The van der Waals surface area contributed by atoms with E-state index in [9.17, 15) is 4.79 Å². The van der Waals surface area contributed by atoms with E-state index in [1.165, 1.54) is 22.5 Å². The molecule has 28 heavy (non-hydrogen) atoms. The highest BCUT2D eigenvalue weighted by molar-refractivity contribution is 14.0. The van der Waals surface area contributed by atoms with Crippen LogP contribution in [-0.4, -0.2) is 37.1 Å². The Balaban J connectivity index is 0.00000392. The minimum absolute atomic E-state index is 0. The van der Waals surface area contributed by atoms with E-state index in [1.807, 2.05) is 13.8 Å². The van der Waals surface area contributed by atoms with Crippen molar-refractivity contribution < 1.29 is 9.53 Å². The third kappa shape index (κ3) is 7.05. The number of nitrogens with zero attached hydrogens (tertiary/aromatic N) is 2. The summed E-state index contributed by atoms with van der Waals surface area (Å²) in [5.74, 6) is 0.396. The van der Waals surface area contributed by atoms with E-state index < -0.39 is 0 Å². The van der Waals surface area contributed by atoms with E-state index in [0.717, 1.165) is 18.0 Å². The SMILES string of the molecule is CCOC(=O)c1sc(C(C)NC(=NC)NCCc2cccc(C)c2)nc1C.I. The number of benzene rings is 1. The van der Waals surface area contributed by atoms with Gasteiger partial charge in [-0.2, -0.15) is 0 Å². The first-order valence-electron chi connectivity index (χ1n) is 9.11. The Bertz CT molecular complexity index is 807. The maximum Gasteiger partial charge on any atom is 0.350 e. The highest BCUT2D eigenvalue weighted by Crippen LogP contribution is 2.24. The maximum atomic E-state index is 12.0. The van der Waals surface area contributed by atoms with Crippen LogP contribution in [0.5, 0.6) is 0 Å². The quantitative estimate of drug-likeness (QED) is 0.252. The smallest absolute Gasteiger partial charge is 0.350 e. The van der Waals surface area contributed by atoms with E-state index in [1.54, 1.807) is 14.0 Å². The van der Waals surface area contributed by atoms with Crippen LogP contribution in [0.15, 0.2) is 29.3 Å². The van der Waals surface area contributed by atoms with Gasteiger partial charge >= 0.3 is 5.97 Å². The van der Waals surface area contributed by atoms with E-state index in [-0.39, 0.29) is 36.0 Å². The van der Waals surface area contributed by atoms with E-state index in [2.05, 4.69) is 51.8 Å². The predicted molar refractivity (Wildman–Crippen MR) is 126 cm³/mol. The molecule has 0 aliphatic heterocycles. The molecular weight excluding hydrogens is 487 g/mol. The summed E-state index contributed by atoms with van der Waals surface area (Å²) in [6.07, 6.45) is 0.917. The average Bonchev–Trinajstić information content (AvgIpc) is 3.03. The zero-order valence-corrected chi connectivity index (χ0v) is 20.2. The van der Waals surface area contributed by atoms with Gasteiger partial charge in [-0.05, 0) is 39.7 Å². The predicted octanol–water partition coefficient (Wildman–Crippen LogP) is 4.02. The number of ether oxygens (including phenoxy) is 1. The Morgan fingerprint density at radius 1 is 1.36 bits per heavy atom. The Labute approximate surface area is 188 Å². The standard InChI is InChI=1S/C20H28N4O2S.HI/c1-6-26-19(25)17-14(3)23-18(27-17)15(4)24-20(21-5)22-11-10-16-9-7-8-13(2)12-16;/h7-9,12,15H,6,10-11H2,1-5H3,(H2,21,22,24);1H. The van der Waals surface area contributed by atoms with Gasteiger partial charge in [-0.25, -0.2) is 9.78 Å². The summed E-state index contributed by atoms with van der Waals surface area (Å²) >= 11 is 1.36. The second-order valence-electron chi connectivity index (χ2n) is 6.29. The summed E-state index contributed by atoms with van der Waals surface area (Å²) in [6.45, 7) is 8.86. The summed E-state index contributed by atoms with van der Waals surface area (Å²) in [4.78, 5) is 21.3. The lowest BCUT2D eigenvalue weighted by Gasteiger charge is -2.16. The number of nitrogens with one attached hydrogen (secondary N) is 2. The molecule has 1 atom stereocenters. The number of esters is 1. The van der Waals surface area contributed by atoms with Crippen LogP contribution < -0.4 is 10.6 Å². The second kappa shape index (κ2) is 12.0. The summed E-state index contributed by atoms with van der Waals surface area (Å²) in [5, 5.41) is 7.48. The molecule has 0 radical (unpaired) electrons. The number of carbonyl (C=O) groups is 1. The van der Waals surface area contributed by atoms with Crippen molar-refractivity contribution in [2.45, 2.75) is 40.2 Å². The van der Waals surface area contributed by atoms with Crippen LogP contribution in [0.3, 0.4) is 0 Å². The van der Waals surface area contributed by atoms with Crippen LogP contribution >= 0.6 is 35.3 Å². The van der Waals surface area contributed by atoms with Gasteiger partial charge in [0.25, 0.3) is 0 Å². The molecule has 0 aliphatic carbocycles. The number of hydrogen-bond donors (Lipinski definition) is 2. The van der Waals surface area contributed by atoms with Gasteiger partial charge in [0.15, 0.2) is 5.96 Å². The van der Waals surface area contributed by atoms with Gasteiger partial charge in [0, 0.05) is 13.6 Å². The molecule has 8 heteroatoms. The average molecular weight is 516 g/mol. The summed E-state index contributed by atoms with van der Waals surface area (Å²) in [7, 11) is 1.74. The molecule has 6 nitrogen and oxygen atoms in total. The molecule has 1 unspecified atom stereocenters. The van der Waals surface area contributed by atoms with Crippen LogP contribution in [0.25, 0.3) is 0 Å². The number of aryl methyl sites for hydroxylation is 2. The number of aromatic nitrogens is 1. The van der Waals surface area contributed by atoms with Crippen molar-refractivity contribution >= 4 is 47.2 Å². The highest BCUT2D eigenvalue weighted by Gasteiger charge is 2.20. The molecule has 0 bridgehead atoms. The molecule has 0 aliphatic rings. The number of carbonyl (C=O) groups excluding carboxylic acids is 1. The van der Waals surface area contributed by atoms with Crippen molar-refractivity contribution in [3.05, 3.63) is 51.0 Å². The molecule has 1 aromatic carbocycles. The number of rotatable bonds is 7. The van der Waals surface area contributed by atoms with Gasteiger partial charge in [-0.3, -0.25) is 4.99 Å². The van der Waals surface area contributed by atoms with E-state index in [0.29, 0.717) is 23.1 Å². The minimum Gasteiger partial charge on any atom is -0.462 e. The molecule has 1 aromatic heterocycles. The molecule has 0 fully saturated rings. The fraction of sp³-hybridized carbons (Fsp3) is 0.450. The zero-order chi connectivity index (χ0) is 19.8. The van der Waals surface area contributed by atoms with Crippen molar-refractivity contribution in [2.75, 3.05) is 20.2 Å². The van der Waals surface area contributed by atoms with Crippen molar-refractivity contribution in [1.82, 2.24) is 15.6 Å². The number of aliphatic imine (C=N–C) groups is 1. The number of halogens is 1. The Kier molecular flexibility index (Phi) is 10.4. The third-order valence-corrected chi connectivity index (χ3v) is 5.33. The van der Waals surface area contributed by atoms with Crippen LogP contribution in [0.2, 0.25) is 0 Å². The Morgan fingerprint density at radius 3 is 2.75 bits per heavy atom. The van der Waals surface area contributed by atoms with Crippen LogP contribution in [0.4, 0.5) is 0 Å². The van der Waals surface area contributed by atoms with Gasteiger partial charge < -0.3 is 15.4 Å². The summed E-state index contributed by atoms with van der Waals surface area (Å²) in [5.41, 5.74) is 3.25. The first kappa shape index (κ1) is 24.4. The Morgan fingerprint density at radius 2 is 2.11 bits per heavy atom. The van der Waals surface area contributed by atoms with Crippen LogP contribution in [0, 0.1) is 13.8 Å². The zero-order valence-electron chi connectivity index (χ0n) is 17.0. The third-order valence-electron chi connectivity index (χ3n) is 4.01. The summed E-state index contributed by atoms with van der Waals surface area (Å²) in [6, 6.07) is 8.42. The van der Waals surface area contributed by atoms with Gasteiger partial charge in [0.1, 0.15) is 9.88 Å². The van der Waals surface area contributed by atoms with Crippen molar-refractivity contribution in [3.63, 3.8) is 0 Å². The van der Waals surface area contributed by atoms with Crippen LogP contribution in [0.1, 0.15) is 51.4 Å². The lowest BCUT2D eigenvalue weighted by molar-refractivity contribution is 0.0531. The van der Waals surface area contributed by atoms with Crippen molar-refractivity contribution in [3.8, 4) is 0 Å². The lowest BCUT2D eigenvalue weighted by Crippen LogP contribution is -2.39. The molecule has 154 valence electrons. The van der Waals surface area contributed by atoms with Crippen molar-refractivity contribution in [1.29, 1.82) is 0 Å². The largest absolute Gasteiger partial charge is 0.462 e. The monoisotopic (exact) mass is 516 g/mol. The highest BCUT2D eigenvalue weighted by atomic mass is 127. The molecule has 0 spiro atoms. The van der Waals surface area contributed by atoms with Crippen molar-refractivity contribution in [2.24, 2.45) is 4.99 Å². The van der Waals surface area contributed by atoms with Gasteiger partial charge in [-0.1, -0.05) is 29.8 Å². The maximum absolute atomic E-state index is 12.0. The van der Waals surface area contributed by atoms with Gasteiger partial charge in [0.05, 0.1) is 18.3 Å². The molecule has 2 aromatic rings. The fourth-order valence-electron chi connectivity index (χ4n) is 2.64. The normalized spacial score (nSPS) is 12.1. The van der Waals surface area contributed by atoms with Crippen LogP contribution in [-0.2, 0) is 11.2 Å². The number of thiazole rings is 1. The lowest BCUT2D eigenvalue weighted by atomic mass is 10.1. The first-order chi connectivity index (χ1) is 12.9. The second-order valence-corrected chi connectivity index (χ2v) is 7.32. The van der Waals surface area contributed by atoms with E-state index >= 15 is 0 Å². The fourth-order valence-corrected chi connectivity index (χ4v) is 3.61. The first-order valence-corrected chi connectivity index (χ1v) is 9.93. The molecule has 0 amide bonds. The van der Waals surface area contributed by atoms with E-state index in [4.69, 9.17) is 4.74 Å². The Hall–Kier alpha value is -1.68. The molecule has 2 N–H and O–H groups in total. The molecule has 0 saturated carbocycles. The minimum atomic E-state index is -0.313. The number of hydrogen-bond acceptors (Lipinski definition) is 5. The summed E-state index contributed by atoms with van der Waals surface area (Å²) < 4.78 is 5.08. The van der Waals surface area contributed by atoms with Gasteiger partial charge in [0.2, 0.25) is 0 Å². The molecule has 0 saturated heterocycles. The molecular formula is C20H29IN4O2S.